The SMILES string of the molecule is CSCCCC(C#N)O[Si](C)(C)C. The number of nitriles is 1. The third kappa shape index (κ3) is 8.35. The average molecular weight is 217 g/mol. The van der Waals surface area contributed by atoms with Crippen LogP contribution < -0.4 is 0 Å². The monoisotopic (exact) mass is 217 g/mol. The van der Waals surface area contributed by atoms with E-state index in [1.54, 1.807) is 0 Å². The Labute approximate surface area is 86.8 Å². The second-order valence-corrected chi connectivity index (χ2v) is 9.43. The Bertz CT molecular complexity index is 173. The van der Waals surface area contributed by atoms with Crippen LogP contribution in [-0.4, -0.2) is 26.4 Å². The van der Waals surface area contributed by atoms with E-state index in [1.165, 1.54) is 0 Å². The quantitative estimate of drug-likeness (QED) is 0.506. The van der Waals surface area contributed by atoms with Gasteiger partial charge in [0.2, 0.25) is 0 Å². The Hall–Kier alpha value is 0.0169. The lowest BCUT2D eigenvalue weighted by Crippen LogP contribution is -2.31. The molecule has 4 heteroatoms. The number of nitrogens with zero attached hydrogens (tertiary/aromatic N) is 1. The topological polar surface area (TPSA) is 33.0 Å². The molecule has 0 heterocycles. The van der Waals surface area contributed by atoms with Crippen LogP contribution in [0.25, 0.3) is 0 Å². The standard InChI is InChI=1S/C9H19NOSSi/c1-12-7-5-6-9(8-10)11-13(2,3)4/h9H,5-7H2,1-4H3. The van der Waals surface area contributed by atoms with Crippen LogP contribution in [0.1, 0.15) is 12.8 Å². The van der Waals surface area contributed by atoms with Crippen LogP contribution in [0.3, 0.4) is 0 Å². The van der Waals surface area contributed by atoms with Crippen molar-refractivity contribution in [1.29, 1.82) is 5.26 Å². The second-order valence-electron chi connectivity index (χ2n) is 3.98. The van der Waals surface area contributed by atoms with Crippen molar-refractivity contribution in [2.45, 2.75) is 38.6 Å². The minimum atomic E-state index is -1.53. The molecule has 0 aromatic heterocycles. The molecule has 0 radical (unpaired) electrons. The molecule has 0 amide bonds. The van der Waals surface area contributed by atoms with Crippen LogP contribution >= 0.6 is 11.8 Å². The van der Waals surface area contributed by atoms with E-state index in [-0.39, 0.29) is 6.10 Å². The summed E-state index contributed by atoms with van der Waals surface area (Å²) in [7, 11) is -1.53. The molecule has 76 valence electrons. The highest BCUT2D eigenvalue weighted by Crippen LogP contribution is 2.12. The van der Waals surface area contributed by atoms with Crippen molar-refractivity contribution < 1.29 is 4.43 Å². The minimum Gasteiger partial charge on any atom is -0.402 e. The summed E-state index contributed by atoms with van der Waals surface area (Å²) in [5.41, 5.74) is 0. The lowest BCUT2D eigenvalue weighted by Gasteiger charge is -2.21. The molecule has 1 atom stereocenters. The Morgan fingerprint density at radius 1 is 1.46 bits per heavy atom. The predicted octanol–water partition coefficient (Wildman–Crippen LogP) is 2.87. The molecule has 0 rings (SSSR count). The molecule has 0 spiro atoms. The molecule has 0 aliphatic heterocycles. The van der Waals surface area contributed by atoms with Crippen molar-refractivity contribution in [1.82, 2.24) is 0 Å². The highest BCUT2D eigenvalue weighted by molar-refractivity contribution is 7.98. The van der Waals surface area contributed by atoms with Gasteiger partial charge in [-0.15, -0.1) is 0 Å². The van der Waals surface area contributed by atoms with Gasteiger partial charge in [-0.3, -0.25) is 0 Å². The maximum Gasteiger partial charge on any atom is 0.185 e. The van der Waals surface area contributed by atoms with E-state index in [0.29, 0.717) is 0 Å². The van der Waals surface area contributed by atoms with Crippen molar-refractivity contribution in [3.05, 3.63) is 0 Å². The smallest absolute Gasteiger partial charge is 0.185 e. The summed E-state index contributed by atoms with van der Waals surface area (Å²) in [4.78, 5) is 0. The zero-order valence-electron chi connectivity index (χ0n) is 8.96. The molecule has 0 aromatic rings. The van der Waals surface area contributed by atoms with E-state index in [4.69, 9.17) is 9.69 Å². The van der Waals surface area contributed by atoms with Crippen molar-refractivity contribution in [3.8, 4) is 6.07 Å². The van der Waals surface area contributed by atoms with E-state index in [2.05, 4.69) is 32.0 Å². The summed E-state index contributed by atoms with van der Waals surface area (Å²) < 4.78 is 5.70. The summed E-state index contributed by atoms with van der Waals surface area (Å²) in [5, 5.41) is 8.83. The van der Waals surface area contributed by atoms with Crippen molar-refractivity contribution >= 4 is 20.1 Å². The average Bonchev–Trinajstić information content (AvgIpc) is 2.01. The maximum atomic E-state index is 8.83. The first-order valence-corrected chi connectivity index (χ1v) is 9.36. The summed E-state index contributed by atoms with van der Waals surface area (Å²) in [6, 6.07) is 2.22. The van der Waals surface area contributed by atoms with Crippen LogP contribution in [0.15, 0.2) is 0 Å². The van der Waals surface area contributed by atoms with Gasteiger partial charge in [0.15, 0.2) is 8.32 Å². The molecule has 0 saturated heterocycles. The van der Waals surface area contributed by atoms with Crippen molar-refractivity contribution in [2.24, 2.45) is 0 Å². The number of rotatable bonds is 6. The third-order valence-electron chi connectivity index (χ3n) is 1.45. The first-order chi connectivity index (χ1) is 5.99. The number of hydrogen-bond donors (Lipinski definition) is 0. The van der Waals surface area contributed by atoms with Crippen LogP contribution in [0.2, 0.25) is 19.6 Å². The van der Waals surface area contributed by atoms with Gasteiger partial charge in [-0.2, -0.15) is 17.0 Å². The molecule has 0 aliphatic rings. The largest absolute Gasteiger partial charge is 0.402 e. The summed E-state index contributed by atoms with van der Waals surface area (Å²) >= 11 is 1.82. The van der Waals surface area contributed by atoms with Gasteiger partial charge in [0.05, 0.1) is 6.07 Å². The third-order valence-corrected chi connectivity index (χ3v) is 3.14. The predicted molar refractivity (Wildman–Crippen MR) is 61.4 cm³/mol. The zero-order valence-corrected chi connectivity index (χ0v) is 10.8. The van der Waals surface area contributed by atoms with E-state index < -0.39 is 8.32 Å². The zero-order chi connectivity index (χ0) is 10.3. The maximum absolute atomic E-state index is 8.83. The van der Waals surface area contributed by atoms with Gasteiger partial charge in [-0.1, -0.05) is 0 Å². The van der Waals surface area contributed by atoms with Crippen molar-refractivity contribution in [3.63, 3.8) is 0 Å². The van der Waals surface area contributed by atoms with Crippen LogP contribution in [0.4, 0.5) is 0 Å². The molecule has 0 aromatic carbocycles. The van der Waals surface area contributed by atoms with Gasteiger partial charge in [0.1, 0.15) is 6.10 Å². The Morgan fingerprint density at radius 2 is 2.08 bits per heavy atom. The van der Waals surface area contributed by atoms with E-state index in [0.717, 1.165) is 18.6 Å². The lowest BCUT2D eigenvalue weighted by atomic mass is 10.2. The van der Waals surface area contributed by atoms with Crippen LogP contribution in [0.5, 0.6) is 0 Å². The van der Waals surface area contributed by atoms with E-state index >= 15 is 0 Å². The van der Waals surface area contributed by atoms with Crippen LogP contribution in [0, 0.1) is 11.3 Å². The molecular formula is C9H19NOSSi. The highest BCUT2D eigenvalue weighted by Gasteiger charge is 2.20. The molecule has 1 unspecified atom stereocenters. The first-order valence-electron chi connectivity index (χ1n) is 4.56. The molecule has 13 heavy (non-hydrogen) atoms. The molecule has 0 N–H and O–H groups in total. The molecule has 2 nitrogen and oxygen atoms in total. The van der Waals surface area contributed by atoms with Gasteiger partial charge in [0.25, 0.3) is 0 Å². The van der Waals surface area contributed by atoms with Gasteiger partial charge in [-0.25, -0.2) is 0 Å². The molecule has 0 aliphatic carbocycles. The highest BCUT2D eigenvalue weighted by atomic mass is 32.2. The Morgan fingerprint density at radius 3 is 2.46 bits per heavy atom. The van der Waals surface area contributed by atoms with Crippen molar-refractivity contribution in [2.75, 3.05) is 12.0 Å². The second kappa shape index (κ2) is 6.47. The van der Waals surface area contributed by atoms with Gasteiger partial charge >= 0.3 is 0 Å². The number of thioether (sulfide) groups is 1. The fraction of sp³-hybridized carbons (Fsp3) is 0.889. The van der Waals surface area contributed by atoms with Crippen LogP contribution in [-0.2, 0) is 4.43 Å². The van der Waals surface area contributed by atoms with E-state index in [1.807, 2.05) is 11.8 Å². The fourth-order valence-electron chi connectivity index (χ4n) is 0.990. The molecular weight excluding hydrogens is 198 g/mol. The van der Waals surface area contributed by atoms with E-state index in [9.17, 15) is 0 Å². The van der Waals surface area contributed by atoms with Gasteiger partial charge in [0, 0.05) is 0 Å². The molecule has 0 bridgehead atoms. The van der Waals surface area contributed by atoms with Gasteiger partial charge < -0.3 is 4.43 Å². The van der Waals surface area contributed by atoms with Gasteiger partial charge in [-0.05, 0) is 44.5 Å². The minimum absolute atomic E-state index is 0.182. The molecule has 0 saturated carbocycles. The first kappa shape index (κ1) is 13.0. The Balaban J connectivity index is 3.72. The summed E-state index contributed by atoms with van der Waals surface area (Å²) in [6.07, 6.45) is 3.85. The Kier molecular flexibility index (Phi) is 6.48. The summed E-state index contributed by atoms with van der Waals surface area (Å²) in [5.74, 6) is 1.12. The lowest BCUT2D eigenvalue weighted by molar-refractivity contribution is 0.237. The normalized spacial score (nSPS) is 13.8. The summed E-state index contributed by atoms with van der Waals surface area (Å²) in [6.45, 7) is 6.35. The fourth-order valence-corrected chi connectivity index (χ4v) is 2.47. The molecule has 0 fully saturated rings. The number of hydrogen-bond acceptors (Lipinski definition) is 3.